The highest BCUT2D eigenvalue weighted by atomic mass is 16.5. The van der Waals surface area contributed by atoms with E-state index in [0.717, 1.165) is 16.9 Å². The number of aromatic nitrogens is 2. The Balaban J connectivity index is 2.19. The van der Waals surface area contributed by atoms with E-state index in [1.165, 1.54) is 0 Å². The van der Waals surface area contributed by atoms with E-state index in [4.69, 9.17) is 4.52 Å². The number of carbonyl (C=O) groups excluding carboxylic acids is 1. The van der Waals surface area contributed by atoms with Gasteiger partial charge in [0.25, 0.3) is 5.91 Å². The second-order valence-electron chi connectivity index (χ2n) is 3.86. The van der Waals surface area contributed by atoms with E-state index in [9.17, 15) is 4.79 Å². The molecule has 18 heavy (non-hydrogen) atoms. The number of nitrogens with one attached hydrogen (secondary N) is 2. The number of nitrogens with zero attached hydrogens (tertiary/aromatic N) is 2. The Morgan fingerprint density at radius 2 is 2.17 bits per heavy atom. The molecule has 0 fully saturated rings. The molecule has 1 amide bonds. The molecule has 2 rings (SSSR count). The van der Waals surface area contributed by atoms with E-state index in [2.05, 4.69) is 20.8 Å². The van der Waals surface area contributed by atoms with E-state index in [0.29, 0.717) is 11.6 Å². The number of pyridine rings is 1. The van der Waals surface area contributed by atoms with Gasteiger partial charge in [-0.25, -0.2) is 0 Å². The summed E-state index contributed by atoms with van der Waals surface area (Å²) in [5.74, 6) is 0.0283. The van der Waals surface area contributed by atoms with Crippen LogP contribution in [0.1, 0.15) is 21.7 Å². The van der Waals surface area contributed by atoms with Gasteiger partial charge in [0.1, 0.15) is 5.69 Å². The van der Waals surface area contributed by atoms with Gasteiger partial charge in [-0.1, -0.05) is 5.16 Å². The highest BCUT2D eigenvalue weighted by Gasteiger charge is 2.14. The Hall–Kier alpha value is -2.37. The van der Waals surface area contributed by atoms with Gasteiger partial charge in [-0.3, -0.25) is 15.1 Å². The molecule has 0 aliphatic rings. The Labute approximate surface area is 104 Å². The predicted molar refractivity (Wildman–Crippen MR) is 67.7 cm³/mol. The maximum absolute atomic E-state index is 12.0. The van der Waals surface area contributed by atoms with E-state index in [-0.39, 0.29) is 5.91 Å². The molecule has 2 aromatic heterocycles. The van der Waals surface area contributed by atoms with Crippen molar-refractivity contribution < 1.29 is 9.32 Å². The lowest BCUT2D eigenvalue weighted by molar-refractivity contribution is 0.101. The number of hydrogen-bond donors (Lipinski definition) is 2. The number of carbonyl (C=O) groups is 1. The van der Waals surface area contributed by atoms with Crippen LogP contribution >= 0.6 is 0 Å². The minimum absolute atomic E-state index is 0.315. The zero-order chi connectivity index (χ0) is 13.1. The molecule has 0 bridgehead atoms. The molecule has 0 unspecified atom stereocenters. The van der Waals surface area contributed by atoms with Crippen LogP contribution in [-0.2, 0) is 0 Å². The van der Waals surface area contributed by atoms with E-state index in [1.54, 1.807) is 25.4 Å². The number of amides is 1. The Kier molecular flexibility index (Phi) is 3.27. The fourth-order valence-corrected chi connectivity index (χ4v) is 1.41. The summed E-state index contributed by atoms with van der Waals surface area (Å²) in [5, 5.41) is 9.36. The van der Waals surface area contributed by atoms with Gasteiger partial charge < -0.3 is 9.84 Å². The van der Waals surface area contributed by atoms with Gasteiger partial charge in [0.2, 0.25) is 5.88 Å². The van der Waals surface area contributed by atoms with Crippen molar-refractivity contribution in [3.8, 4) is 0 Å². The molecular weight excluding hydrogens is 232 g/mol. The summed E-state index contributed by atoms with van der Waals surface area (Å²) >= 11 is 0. The first-order valence-electron chi connectivity index (χ1n) is 5.50. The van der Waals surface area contributed by atoms with Crippen molar-refractivity contribution in [3.05, 3.63) is 35.3 Å². The average Bonchev–Trinajstić information content (AvgIpc) is 2.71. The zero-order valence-electron chi connectivity index (χ0n) is 10.4. The molecular formula is C12H14N4O2. The number of aryl methyl sites for hydroxylation is 1. The maximum Gasteiger partial charge on any atom is 0.276 e. The second-order valence-corrected chi connectivity index (χ2v) is 3.86. The predicted octanol–water partition coefficient (Wildman–Crippen LogP) is 1.98. The van der Waals surface area contributed by atoms with Crippen LogP contribution in [0, 0.1) is 13.8 Å². The van der Waals surface area contributed by atoms with Crippen molar-refractivity contribution >= 4 is 17.5 Å². The van der Waals surface area contributed by atoms with Crippen LogP contribution in [0.3, 0.4) is 0 Å². The molecule has 0 aliphatic carbocycles. The third kappa shape index (κ3) is 2.32. The zero-order valence-corrected chi connectivity index (χ0v) is 10.4. The van der Waals surface area contributed by atoms with Crippen LogP contribution in [0.25, 0.3) is 0 Å². The van der Waals surface area contributed by atoms with Gasteiger partial charge in [-0.05, 0) is 26.0 Å². The summed E-state index contributed by atoms with van der Waals surface area (Å²) in [4.78, 5) is 16.0. The summed E-state index contributed by atoms with van der Waals surface area (Å²) in [6.45, 7) is 3.65. The highest BCUT2D eigenvalue weighted by Crippen LogP contribution is 2.18. The van der Waals surface area contributed by atoms with Crippen molar-refractivity contribution in [2.45, 2.75) is 13.8 Å². The molecule has 0 aromatic carbocycles. The smallest absolute Gasteiger partial charge is 0.276 e. The lowest BCUT2D eigenvalue weighted by atomic mass is 10.2. The van der Waals surface area contributed by atoms with Crippen LogP contribution in [0.2, 0.25) is 0 Å². The molecule has 6 heteroatoms. The van der Waals surface area contributed by atoms with Crippen LogP contribution in [0.15, 0.2) is 22.9 Å². The van der Waals surface area contributed by atoms with E-state index in [1.807, 2.05) is 13.8 Å². The third-order valence-corrected chi connectivity index (χ3v) is 2.67. The average molecular weight is 246 g/mol. The molecule has 0 radical (unpaired) electrons. The molecule has 2 aromatic rings. The molecule has 2 heterocycles. The highest BCUT2D eigenvalue weighted by molar-refractivity contribution is 6.02. The monoisotopic (exact) mass is 246 g/mol. The standard InChI is InChI=1S/C12H14N4O2/c1-7-8(2)16-18-12(7)15-11(17)10-6-9(13-3)4-5-14-10/h4-6H,1-3H3,(H,13,14)(H,15,17). The van der Waals surface area contributed by atoms with Crippen LogP contribution in [-0.4, -0.2) is 23.1 Å². The first kappa shape index (κ1) is 12.1. The number of anilines is 2. The van der Waals surface area contributed by atoms with Gasteiger partial charge in [0, 0.05) is 24.5 Å². The topological polar surface area (TPSA) is 80.0 Å². The quantitative estimate of drug-likeness (QED) is 0.865. The van der Waals surface area contributed by atoms with Crippen molar-refractivity contribution in [3.63, 3.8) is 0 Å². The fourth-order valence-electron chi connectivity index (χ4n) is 1.41. The third-order valence-electron chi connectivity index (χ3n) is 2.67. The Bertz CT molecular complexity index is 577. The lowest BCUT2D eigenvalue weighted by Gasteiger charge is -2.04. The van der Waals surface area contributed by atoms with Crippen LogP contribution < -0.4 is 10.6 Å². The normalized spacial score (nSPS) is 10.2. The Morgan fingerprint density at radius 3 is 2.78 bits per heavy atom. The molecule has 94 valence electrons. The molecule has 0 saturated carbocycles. The summed E-state index contributed by atoms with van der Waals surface area (Å²) in [7, 11) is 1.78. The first-order chi connectivity index (χ1) is 8.61. The van der Waals surface area contributed by atoms with E-state index < -0.39 is 0 Å². The van der Waals surface area contributed by atoms with Crippen molar-refractivity contribution in [1.82, 2.24) is 10.1 Å². The number of hydrogen-bond acceptors (Lipinski definition) is 5. The summed E-state index contributed by atoms with van der Waals surface area (Å²) in [5.41, 5.74) is 2.70. The minimum atomic E-state index is -0.327. The molecule has 0 spiro atoms. The SMILES string of the molecule is CNc1ccnc(C(=O)Nc2onc(C)c2C)c1. The van der Waals surface area contributed by atoms with Crippen molar-refractivity contribution in [2.75, 3.05) is 17.7 Å². The van der Waals surface area contributed by atoms with Crippen molar-refractivity contribution in [1.29, 1.82) is 0 Å². The fraction of sp³-hybridized carbons (Fsp3) is 0.250. The maximum atomic E-state index is 12.0. The first-order valence-corrected chi connectivity index (χ1v) is 5.50. The molecule has 0 atom stereocenters. The van der Waals surface area contributed by atoms with Crippen molar-refractivity contribution in [2.24, 2.45) is 0 Å². The molecule has 0 aliphatic heterocycles. The van der Waals surface area contributed by atoms with Crippen LogP contribution in [0.5, 0.6) is 0 Å². The minimum Gasteiger partial charge on any atom is -0.388 e. The molecule has 6 nitrogen and oxygen atoms in total. The summed E-state index contributed by atoms with van der Waals surface area (Å²) in [6.07, 6.45) is 1.57. The Morgan fingerprint density at radius 1 is 1.39 bits per heavy atom. The van der Waals surface area contributed by atoms with E-state index >= 15 is 0 Å². The van der Waals surface area contributed by atoms with Gasteiger partial charge >= 0.3 is 0 Å². The van der Waals surface area contributed by atoms with Gasteiger partial charge in [0.15, 0.2) is 0 Å². The van der Waals surface area contributed by atoms with Gasteiger partial charge in [-0.2, -0.15) is 0 Å². The summed E-state index contributed by atoms with van der Waals surface area (Å²) < 4.78 is 5.02. The second kappa shape index (κ2) is 4.87. The largest absolute Gasteiger partial charge is 0.388 e. The number of rotatable bonds is 3. The summed E-state index contributed by atoms with van der Waals surface area (Å²) in [6, 6.07) is 3.44. The van der Waals surface area contributed by atoms with Gasteiger partial charge in [0.05, 0.1) is 5.69 Å². The molecule has 2 N–H and O–H groups in total. The van der Waals surface area contributed by atoms with Gasteiger partial charge in [-0.15, -0.1) is 0 Å². The van der Waals surface area contributed by atoms with Crippen LogP contribution in [0.4, 0.5) is 11.6 Å². The lowest BCUT2D eigenvalue weighted by Crippen LogP contribution is -2.14. The molecule has 0 saturated heterocycles.